The van der Waals surface area contributed by atoms with Gasteiger partial charge in [-0.1, -0.05) is 68.9 Å². The van der Waals surface area contributed by atoms with Gasteiger partial charge in [0.2, 0.25) is 0 Å². The minimum Gasteiger partial charge on any atom is -0.481 e. The summed E-state index contributed by atoms with van der Waals surface area (Å²) >= 11 is 0. The van der Waals surface area contributed by atoms with Crippen LogP contribution in [-0.2, 0) is 52.3 Å². The molecule has 0 aliphatic carbocycles. The number of rotatable bonds is 24. The molecule has 2 fully saturated rings. The monoisotopic (exact) mass is 804 g/mol. The first-order valence-electron chi connectivity index (χ1n) is 16.9. The summed E-state index contributed by atoms with van der Waals surface area (Å²) in [5.74, 6) is -6.37. The molecule has 2 aliphatic rings. The molecule has 0 radical (unpaired) electrons. The lowest BCUT2D eigenvalue weighted by Gasteiger charge is -2.48. The molecule has 2 heterocycles. The van der Waals surface area contributed by atoms with E-state index in [1.807, 2.05) is 0 Å². The Morgan fingerprint density at radius 2 is 1.47 bits per heavy atom. The number of methoxy groups -OCH3 is 1. The summed E-state index contributed by atoms with van der Waals surface area (Å²) in [6.45, 7) is 0.706. The maximum atomic E-state index is 15.1. The lowest BCUT2D eigenvalue weighted by atomic mass is 9.97. The molecule has 12 nitrogen and oxygen atoms in total. The van der Waals surface area contributed by atoms with E-state index in [-0.39, 0.29) is 32.5 Å². The van der Waals surface area contributed by atoms with Crippen molar-refractivity contribution in [3.63, 3.8) is 0 Å². The van der Waals surface area contributed by atoms with E-state index in [4.69, 9.17) is 33.5 Å². The maximum Gasteiger partial charge on any atom is 0.460 e. The van der Waals surface area contributed by atoms with Gasteiger partial charge in [-0.3, -0.25) is 8.98 Å². The van der Waals surface area contributed by atoms with E-state index in [9.17, 15) is 39.6 Å². The van der Waals surface area contributed by atoms with Crippen molar-refractivity contribution in [1.29, 1.82) is 0 Å². The molecule has 0 aromatic heterocycles. The minimum absolute atomic E-state index is 0.00815. The number of halogens is 8. The lowest BCUT2D eigenvalue weighted by Crippen LogP contribution is -2.65. The summed E-state index contributed by atoms with van der Waals surface area (Å²) in [4.78, 5) is 10.5. The van der Waals surface area contributed by atoms with Crippen LogP contribution >= 0.6 is 0 Å². The number of carbonyl (C=O) groups is 1. The van der Waals surface area contributed by atoms with Gasteiger partial charge in [0.05, 0.1) is 6.61 Å². The first-order valence-corrected chi connectivity index (χ1v) is 18.3. The molecule has 0 saturated carbocycles. The smallest absolute Gasteiger partial charge is 0.460 e. The van der Waals surface area contributed by atoms with Crippen molar-refractivity contribution < 1.29 is 90.8 Å². The molecule has 6 unspecified atom stereocenters. The molecule has 3 rings (SSSR count). The van der Waals surface area contributed by atoms with Crippen LogP contribution in [0.5, 0.6) is 0 Å². The molecular weight excluding hydrogens is 760 g/mol. The van der Waals surface area contributed by atoms with Gasteiger partial charge in [-0.15, -0.1) is 0 Å². The van der Waals surface area contributed by atoms with E-state index in [1.165, 1.54) is 0 Å². The summed E-state index contributed by atoms with van der Waals surface area (Å²) < 4.78 is 183. The molecule has 21 heteroatoms. The van der Waals surface area contributed by atoms with Crippen LogP contribution in [-0.4, -0.2) is 101 Å². The zero-order chi connectivity index (χ0) is 39.5. The molecule has 306 valence electrons. The average Bonchev–Trinajstić information content (AvgIpc) is 3.09. The zero-order valence-corrected chi connectivity index (χ0v) is 29.7. The third-order valence-corrected chi connectivity index (χ3v) is 9.68. The van der Waals surface area contributed by atoms with Crippen molar-refractivity contribution in [3.8, 4) is 0 Å². The van der Waals surface area contributed by atoms with Gasteiger partial charge in [-0.05, 0) is 19.8 Å². The van der Waals surface area contributed by atoms with Crippen molar-refractivity contribution in [2.45, 2.75) is 132 Å². The van der Waals surface area contributed by atoms with Gasteiger partial charge < -0.3 is 33.5 Å². The average molecular weight is 805 g/mol. The summed E-state index contributed by atoms with van der Waals surface area (Å²) in [5.41, 5.74) is 0.455. The molecule has 2 aliphatic heterocycles. The Bertz CT molecular complexity index is 1380. The Balaban J connectivity index is 1.70. The topological polar surface area (TPSA) is 145 Å². The van der Waals surface area contributed by atoms with Gasteiger partial charge in [-0.2, -0.15) is 43.5 Å². The lowest BCUT2D eigenvalue weighted by molar-refractivity contribution is -0.457. The highest BCUT2D eigenvalue weighted by molar-refractivity contribution is 7.87. The second kappa shape index (κ2) is 19.6. The normalized spacial score (nSPS) is 24.6. The van der Waals surface area contributed by atoms with E-state index < -0.39 is 96.1 Å². The summed E-state index contributed by atoms with van der Waals surface area (Å²) in [6.07, 6.45) is -22.2. The van der Waals surface area contributed by atoms with Crippen LogP contribution in [0, 0.1) is 0 Å². The van der Waals surface area contributed by atoms with Crippen molar-refractivity contribution in [3.05, 3.63) is 35.9 Å². The van der Waals surface area contributed by atoms with E-state index >= 15 is 8.78 Å². The van der Waals surface area contributed by atoms with Crippen molar-refractivity contribution >= 4 is 16.1 Å². The number of unbranched alkanes of at least 4 members (excludes halogenated alkanes) is 7. The van der Waals surface area contributed by atoms with Gasteiger partial charge in [-0.25, -0.2) is 4.74 Å². The van der Waals surface area contributed by atoms with Gasteiger partial charge in [0.15, 0.2) is 18.7 Å². The summed E-state index contributed by atoms with van der Waals surface area (Å²) in [5, 5.41) is 1.91. The van der Waals surface area contributed by atoms with Crippen molar-refractivity contribution in [2.75, 3.05) is 27.1 Å². The van der Waals surface area contributed by atoms with Crippen LogP contribution in [0.15, 0.2) is 30.3 Å². The molecule has 0 spiro atoms. The highest BCUT2D eigenvalue weighted by atomic mass is 32.2. The largest absolute Gasteiger partial charge is 0.481 e. The Labute approximate surface area is 301 Å². The van der Waals surface area contributed by atoms with E-state index in [0.717, 1.165) is 7.11 Å². The number of aliphatic carboxylic acids is 1. The highest BCUT2D eigenvalue weighted by Gasteiger charge is 2.75. The Kier molecular flexibility index (Phi) is 16.7. The maximum absolute atomic E-state index is 15.1. The number of alkyl halides is 8. The number of hydrogen-bond acceptors (Lipinski definition) is 11. The third-order valence-electron chi connectivity index (χ3n) is 8.34. The van der Waals surface area contributed by atoms with Crippen molar-refractivity contribution in [2.24, 2.45) is 0 Å². The number of fused-ring (bicyclic) bond motifs is 1. The molecule has 6 atom stereocenters. The van der Waals surface area contributed by atoms with Crippen LogP contribution in [0.1, 0.15) is 83.0 Å². The molecule has 1 N–H and O–H groups in total. The molecular formula is C32H44F8O12S. The number of carboxylic acid groups (broad SMARTS) is 1. The minimum atomic E-state index is -7.07. The Morgan fingerprint density at radius 3 is 2.06 bits per heavy atom. The van der Waals surface area contributed by atoms with Gasteiger partial charge in [0.1, 0.15) is 25.1 Å². The fraction of sp³-hybridized carbons (Fsp3) is 0.781. The predicted molar refractivity (Wildman–Crippen MR) is 166 cm³/mol. The highest BCUT2D eigenvalue weighted by Crippen LogP contribution is 2.49. The first kappa shape index (κ1) is 45.2. The van der Waals surface area contributed by atoms with Gasteiger partial charge >= 0.3 is 39.5 Å². The summed E-state index contributed by atoms with van der Waals surface area (Å²) in [6, 6.07) is 8.15. The number of hydrogen-bond donors (Lipinski definition) is 1. The quantitative estimate of drug-likeness (QED) is 0.0498. The van der Waals surface area contributed by atoms with Crippen LogP contribution in [0.4, 0.5) is 35.1 Å². The Morgan fingerprint density at radius 1 is 0.868 bits per heavy atom. The van der Waals surface area contributed by atoms with Crippen LogP contribution in [0.2, 0.25) is 0 Å². The number of benzene rings is 1. The molecule has 0 bridgehead atoms. The third kappa shape index (κ3) is 11.9. The molecule has 53 heavy (non-hydrogen) atoms. The van der Waals surface area contributed by atoms with Gasteiger partial charge in [0.25, 0.3) is 0 Å². The van der Waals surface area contributed by atoms with Crippen molar-refractivity contribution in [1.82, 2.24) is 0 Å². The van der Waals surface area contributed by atoms with Crippen LogP contribution < -0.4 is 0 Å². The fourth-order valence-electron chi connectivity index (χ4n) is 5.50. The van der Waals surface area contributed by atoms with Crippen LogP contribution in [0.25, 0.3) is 0 Å². The molecule has 1 aromatic carbocycles. The second-order valence-electron chi connectivity index (χ2n) is 12.3. The molecule has 0 amide bonds. The first-order chi connectivity index (χ1) is 24.8. The SMILES string of the molecule is CCOCOC1C2OC(c3ccccc3)OCC2OC(OC)C1OS(=O)(=O)C(F)(F)C(F)(F)OC(F)(F)C(F)(F)CCCCCCCCCCC(=O)O. The summed E-state index contributed by atoms with van der Waals surface area (Å²) in [7, 11) is -6.16. The van der Waals surface area contributed by atoms with E-state index in [0.29, 0.717) is 37.7 Å². The Hall–Kier alpha value is -2.24. The zero-order valence-electron chi connectivity index (χ0n) is 28.9. The standard InChI is InChI=1S/C32H44F8O12S/c1-3-46-20-48-25-24-22(19-47-27(50-24)21-15-11-10-12-16-21)49-28(45-2)26(25)51-53(43,44)32(39,40)31(37,38)52-30(35,36)29(33,34)18-14-9-7-5-4-6-8-13-17-23(41)42/h10-12,15-16,22,24-28H,3-9,13-14,17-20H2,1-2H3,(H,41,42). The molecule has 2 saturated heterocycles. The fourth-order valence-corrected chi connectivity index (χ4v) is 6.44. The predicted octanol–water partition coefficient (Wildman–Crippen LogP) is 6.98. The van der Waals surface area contributed by atoms with E-state index in [1.54, 1.807) is 37.3 Å². The number of ether oxygens (including phenoxy) is 7. The number of carboxylic acids is 1. The van der Waals surface area contributed by atoms with Gasteiger partial charge in [0, 0.05) is 32.1 Å². The second-order valence-corrected chi connectivity index (χ2v) is 13.9. The molecule has 1 aromatic rings. The van der Waals surface area contributed by atoms with Crippen LogP contribution in [0.3, 0.4) is 0 Å². The van der Waals surface area contributed by atoms with E-state index in [2.05, 4.69) is 8.92 Å².